The minimum atomic E-state index is -0.0334. The Morgan fingerprint density at radius 1 is 1.35 bits per heavy atom. The van der Waals surface area contributed by atoms with Crippen LogP contribution in [-0.4, -0.2) is 19.0 Å². The lowest BCUT2D eigenvalue weighted by atomic mass is 9.95. The zero-order valence-corrected chi connectivity index (χ0v) is 9.72. The molecule has 17 heavy (non-hydrogen) atoms. The molecule has 0 saturated heterocycles. The second-order valence-electron chi connectivity index (χ2n) is 3.97. The number of ether oxygens (including phenoxy) is 1. The Balaban J connectivity index is 2.25. The van der Waals surface area contributed by atoms with Gasteiger partial charge in [0.25, 0.3) is 0 Å². The van der Waals surface area contributed by atoms with E-state index in [1.54, 1.807) is 25.3 Å². The number of hydrogen-bond acceptors (Lipinski definition) is 3. The van der Waals surface area contributed by atoms with Crippen LogP contribution in [0.1, 0.15) is 16.8 Å². The number of Topliss-reactive ketones (excluding diaryl/α,β-unsaturated/α-hetero) is 1. The number of allylic oxidation sites excluding steroid dienone is 2. The summed E-state index contributed by atoms with van der Waals surface area (Å²) in [6.07, 6.45) is 4.16. The molecule has 0 saturated carbocycles. The Bertz CT molecular complexity index is 474. The van der Waals surface area contributed by atoms with Gasteiger partial charge in [-0.25, -0.2) is 0 Å². The Morgan fingerprint density at radius 3 is 2.65 bits per heavy atom. The molecule has 1 aliphatic rings. The Hall–Kier alpha value is -1.87. The predicted octanol–water partition coefficient (Wildman–Crippen LogP) is 2.06. The first-order chi connectivity index (χ1) is 8.22. The molecule has 1 aromatic rings. The van der Waals surface area contributed by atoms with Gasteiger partial charge in [-0.2, -0.15) is 0 Å². The van der Waals surface area contributed by atoms with E-state index in [1.807, 2.05) is 24.3 Å². The maximum absolute atomic E-state index is 12.2. The van der Waals surface area contributed by atoms with Crippen LogP contribution in [0, 0.1) is 0 Å². The third-order valence-electron chi connectivity index (χ3n) is 2.83. The summed E-state index contributed by atoms with van der Waals surface area (Å²) in [5.41, 5.74) is 7.73. The summed E-state index contributed by atoms with van der Waals surface area (Å²) in [6.45, 7) is 0. The van der Waals surface area contributed by atoms with E-state index in [0.29, 0.717) is 23.3 Å². The SMILES string of the molecule is COC1C=CC(C(=O)c2ccccc2)=C(N)C1. The van der Waals surface area contributed by atoms with Crippen molar-refractivity contribution in [1.82, 2.24) is 0 Å². The second kappa shape index (κ2) is 4.97. The van der Waals surface area contributed by atoms with Gasteiger partial charge in [0.1, 0.15) is 0 Å². The molecule has 0 heterocycles. The zero-order valence-electron chi connectivity index (χ0n) is 9.72. The Morgan fingerprint density at radius 2 is 2.06 bits per heavy atom. The predicted molar refractivity (Wildman–Crippen MR) is 66.5 cm³/mol. The van der Waals surface area contributed by atoms with Gasteiger partial charge >= 0.3 is 0 Å². The van der Waals surface area contributed by atoms with Crippen LogP contribution in [-0.2, 0) is 4.74 Å². The molecule has 0 radical (unpaired) electrons. The number of rotatable bonds is 3. The summed E-state index contributed by atoms with van der Waals surface area (Å²) in [7, 11) is 1.63. The van der Waals surface area contributed by atoms with Crippen LogP contribution in [0.2, 0.25) is 0 Å². The highest BCUT2D eigenvalue weighted by atomic mass is 16.5. The number of carbonyl (C=O) groups excluding carboxylic acids is 1. The van der Waals surface area contributed by atoms with Crippen LogP contribution in [0.4, 0.5) is 0 Å². The van der Waals surface area contributed by atoms with Gasteiger partial charge in [0.05, 0.1) is 6.10 Å². The third-order valence-corrected chi connectivity index (χ3v) is 2.83. The lowest BCUT2D eigenvalue weighted by Crippen LogP contribution is -2.20. The maximum Gasteiger partial charge on any atom is 0.194 e. The molecule has 3 heteroatoms. The second-order valence-corrected chi connectivity index (χ2v) is 3.97. The summed E-state index contributed by atoms with van der Waals surface area (Å²) in [5, 5.41) is 0. The quantitative estimate of drug-likeness (QED) is 0.807. The van der Waals surface area contributed by atoms with Crippen molar-refractivity contribution in [1.29, 1.82) is 0 Å². The fourth-order valence-electron chi connectivity index (χ4n) is 1.83. The van der Waals surface area contributed by atoms with Crippen molar-refractivity contribution in [3.05, 3.63) is 59.3 Å². The third kappa shape index (κ3) is 2.45. The van der Waals surface area contributed by atoms with Gasteiger partial charge in [-0.3, -0.25) is 4.79 Å². The number of ketones is 1. The van der Waals surface area contributed by atoms with Gasteiger partial charge < -0.3 is 10.5 Å². The fraction of sp³-hybridized carbons (Fsp3) is 0.214. The summed E-state index contributed by atoms with van der Waals surface area (Å²) >= 11 is 0. The molecule has 88 valence electrons. The van der Waals surface area contributed by atoms with Crippen LogP contribution in [0.15, 0.2) is 53.8 Å². The lowest BCUT2D eigenvalue weighted by Gasteiger charge is -2.18. The molecular weight excluding hydrogens is 214 g/mol. The van der Waals surface area contributed by atoms with Crippen LogP contribution in [0.5, 0.6) is 0 Å². The molecular formula is C14H15NO2. The molecule has 0 bridgehead atoms. The molecule has 1 aliphatic carbocycles. The first kappa shape index (κ1) is 11.6. The van der Waals surface area contributed by atoms with Crippen molar-refractivity contribution in [2.75, 3.05) is 7.11 Å². The molecule has 0 aliphatic heterocycles. The zero-order chi connectivity index (χ0) is 12.3. The lowest BCUT2D eigenvalue weighted by molar-refractivity contribution is 0.103. The van der Waals surface area contributed by atoms with E-state index in [2.05, 4.69) is 0 Å². The summed E-state index contributed by atoms with van der Waals surface area (Å²) in [6, 6.07) is 9.15. The van der Waals surface area contributed by atoms with Crippen molar-refractivity contribution in [2.45, 2.75) is 12.5 Å². The van der Waals surface area contributed by atoms with E-state index in [0.717, 1.165) is 0 Å². The van der Waals surface area contributed by atoms with E-state index in [1.165, 1.54) is 0 Å². The molecule has 0 fully saturated rings. The summed E-state index contributed by atoms with van der Waals surface area (Å²) in [5.74, 6) is -0.0334. The highest BCUT2D eigenvalue weighted by molar-refractivity contribution is 6.11. The molecule has 2 N–H and O–H groups in total. The number of carbonyl (C=O) groups is 1. The van der Waals surface area contributed by atoms with Gasteiger partial charge in [0.15, 0.2) is 5.78 Å². The van der Waals surface area contributed by atoms with Crippen LogP contribution < -0.4 is 5.73 Å². The number of hydrogen-bond donors (Lipinski definition) is 1. The highest BCUT2D eigenvalue weighted by Gasteiger charge is 2.19. The maximum atomic E-state index is 12.2. The van der Waals surface area contributed by atoms with Crippen molar-refractivity contribution < 1.29 is 9.53 Å². The van der Waals surface area contributed by atoms with Gasteiger partial charge in [-0.15, -0.1) is 0 Å². The molecule has 0 spiro atoms. The normalized spacial score (nSPS) is 19.5. The first-order valence-electron chi connectivity index (χ1n) is 5.51. The number of nitrogens with two attached hydrogens (primary N) is 1. The van der Waals surface area contributed by atoms with Crippen molar-refractivity contribution in [3.63, 3.8) is 0 Å². The minimum absolute atomic E-state index is 0.0256. The number of methoxy groups -OCH3 is 1. The molecule has 0 aromatic heterocycles. The Labute approximate surface area is 101 Å². The molecule has 1 atom stereocenters. The first-order valence-corrected chi connectivity index (χ1v) is 5.51. The van der Waals surface area contributed by atoms with Crippen molar-refractivity contribution in [3.8, 4) is 0 Å². The Kier molecular flexibility index (Phi) is 3.40. The van der Waals surface area contributed by atoms with Crippen molar-refractivity contribution in [2.24, 2.45) is 5.73 Å². The van der Waals surface area contributed by atoms with E-state index < -0.39 is 0 Å². The van der Waals surface area contributed by atoms with Crippen LogP contribution in [0.25, 0.3) is 0 Å². The van der Waals surface area contributed by atoms with Crippen LogP contribution >= 0.6 is 0 Å². The summed E-state index contributed by atoms with van der Waals surface area (Å²) in [4.78, 5) is 12.2. The largest absolute Gasteiger partial charge is 0.401 e. The van der Waals surface area contributed by atoms with E-state index >= 15 is 0 Å². The molecule has 0 amide bonds. The van der Waals surface area contributed by atoms with E-state index in [4.69, 9.17) is 10.5 Å². The topological polar surface area (TPSA) is 52.3 Å². The minimum Gasteiger partial charge on any atom is -0.401 e. The molecule has 2 rings (SSSR count). The van der Waals surface area contributed by atoms with Gasteiger partial charge in [0, 0.05) is 30.4 Å². The monoisotopic (exact) mass is 229 g/mol. The average molecular weight is 229 g/mol. The van der Waals surface area contributed by atoms with Crippen LogP contribution in [0.3, 0.4) is 0 Å². The summed E-state index contributed by atoms with van der Waals surface area (Å²) < 4.78 is 5.18. The molecule has 1 aromatic carbocycles. The molecule has 1 unspecified atom stereocenters. The highest BCUT2D eigenvalue weighted by Crippen LogP contribution is 2.20. The smallest absolute Gasteiger partial charge is 0.194 e. The van der Waals surface area contributed by atoms with Gasteiger partial charge in [0.2, 0.25) is 0 Å². The average Bonchev–Trinajstić information content (AvgIpc) is 2.39. The van der Waals surface area contributed by atoms with Gasteiger partial charge in [-0.1, -0.05) is 42.5 Å². The molecule has 3 nitrogen and oxygen atoms in total. The van der Waals surface area contributed by atoms with E-state index in [-0.39, 0.29) is 11.9 Å². The van der Waals surface area contributed by atoms with E-state index in [9.17, 15) is 4.79 Å². The standard InChI is InChI=1S/C14H15NO2/c1-17-11-7-8-12(13(15)9-11)14(16)10-5-3-2-4-6-10/h2-8,11H,9,15H2,1H3. The fourth-order valence-corrected chi connectivity index (χ4v) is 1.83. The van der Waals surface area contributed by atoms with Crippen molar-refractivity contribution >= 4 is 5.78 Å². The van der Waals surface area contributed by atoms with Gasteiger partial charge in [-0.05, 0) is 0 Å². The number of benzene rings is 1.